The van der Waals surface area contributed by atoms with E-state index in [9.17, 15) is 9.59 Å². The highest BCUT2D eigenvalue weighted by molar-refractivity contribution is 5.94. The van der Waals surface area contributed by atoms with Crippen LogP contribution in [0.5, 0.6) is 0 Å². The molecule has 122 valence electrons. The van der Waals surface area contributed by atoms with Crippen LogP contribution in [-0.2, 0) is 4.79 Å². The van der Waals surface area contributed by atoms with Crippen molar-refractivity contribution in [2.75, 3.05) is 5.32 Å². The Balaban J connectivity index is 2.34. The molecule has 23 heavy (non-hydrogen) atoms. The van der Waals surface area contributed by atoms with Crippen LogP contribution in [0.3, 0.4) is 0 Å². The molecule has 0 radical (unpaired) electrons. The number of benzene rings is 1. The van der Waals surface area contributed by atoms with Crippen molar-refractivity contribution in [1.29, 1.82) is 0 Å². The van der Waals surface area contributed by atoms with Gasteiger partial charge in [-0.3, -0.25) is 9.36 Å². The van der Waals surface area contributed by atoms with E-state index in [-0.39, 0.29) is 11.6 Å². The molecule has 0 fully saturated rings. The van der Waals surface area contributed by atoms with Crippen LogP contribution < -0.4 is 11.0 Å². The first-order chi connectivity index (χ1) is 10.8. The van der Waals surface area contributed by atoms with Crippen LogP contribution in [0.25, 0.3) is 0 Å². The highest BCUT2D eigenvalue weighted by Gasteiger charge is 2.22. The number of hydrogen-bond donors (Lipinski definition) is 1. The topological polar surface area (TPSA) is 64.0 Å². The largest absolute Gasteiger partial charge is 0.348 e. The van der Waals surface area contributed by atoms with Crippen molar-refractivity contribution in [3.63, 3.8) is 0 Å². The van der Waals surface area contributed by atoms with E-state index in [1.807, 2.05) is 52.0 Å². The summed E-state index contributed by atoms with van der Waals surface area (Å²) in [4.78, 5) is 28.8. The Bertz CT molecular complexity index is 793. The maximum Gasteiger partial charge on any atom is 0.348 e. The maximum absolute atomic E-state index is 12.7. The number of nitrogens with one attached hydrogen (secondary N) is 1. The number of anilines is 1. The fraction of sp³-hybridized carbons (Fsp3) is 0.389. The molecule has 5 nitrogen and oxygen atoms in total. The summed E-state index contributed by atoms with van der Waals surface area (Å²) in [5, 5.41) is 2.93. The minimum absolute atomic E-state index is 0.199. The molecule has 0 bridgehead atoms. The van der Waals surface area contributed by atoms with Crippen LogP contribution in [0.1, 0.15) is 41.9 Å². The van der Waals surface area contributed by atoms with E-state index < -0.39 is 6.04 Å². The van der Waals surface area contributed by atoms with E-state index in [1.54, 1.807) is 6.92 Å². The zero-order valence-corrected chi connectivity index (χ0v) is 14.3. The van der Waals surface area contributed by atoms with Crippen molar-refractivity contribution >= 4 is 11.6 Å². The molecule has 0 aliphatic heterocycles. The lowest BCUT2D eigenvalue weighted by Crippen LogP contribution is -2.36. The lowest BCUT2D eigenvalue weighted by molar-refractivity contribution is -0.119. The number of carbonyl (C=O) groups excluding carboxylic acids is 1. The highest BCUT2D eigenvalue weighted by atomic mass is 16.2. The molecule has 1 heterocycles. The standard InChI is InChI=1S/C18H23N3O2/c1-6-16(21-14(5)10-13(4)19-18(21)23)17(22)20-15-8-7-11(2)9-12(15)3/h7-10,16H,6H2,1-5H3,(H,20,22). The third-order valence-corrected chi connectivity index (χ3v) is 3.92. The third kappa shape index (κ3) is 3.67. The Labute approximate surface area is 136 Å². The van der Waals surface area contributed by atoms with Gasteiger partial charge in [-0.2, -0.15) is 4.98 Å². The average molecular weight is 313 g/mol. The normalized spacial score (nSPS) is 12.0. The van der Waals surface area contributed by atoms with Crippen LogP contribution in [0.2, 0.25) is 0 Å². The lowest BCUT2D eigenvalue weighted by atomic mass is 10.1. The molecular formula is C18H23N3O2. The summed E-state index contributed by atoms with van der Waals surface area (Å²) >= 11 is 0. The molecule has 0 saturated heterocycles. The molecule has 1 amide bonds. The SMILES string of the molecule is CCC(C(=O)Nc1ccc(C)cc1C)n1c(C)cc(C)nc1=O. The predicted molar refractivity (Wildman–Crippen MR) is 91.8 cm³/mol. The van der Waals surface area contributed by atoms with Crippen LogP contribution in [-0.4, -0.2) is 15.5 Å². The number of amides is 1. The van der Waals surface area contributed by atoms with Crippen molar-refractivity contribution in [2.24, 2.45) is 0 Å². The second-order valence-corrected chi connectivity index (χ2v) is 5.92. The molecule has 0 saturated carbocycles. The van der Waals surface area contributed by atoms with Crippen LogP contribution >= 0.6 is 0 Å². The molecule has 0 spiro atoms. The van der Waals surface area contributed by atoms with Gasteiger partial charge in [0.25, 0.3) is 0 Å². The summed E-state index contributed by atoms with van der Waals surface area (Å²) in [5.74, 6) is -0.199. The van der Waals surface area contributed by atoms with Gasteiger partial charge in [-0.1, -0.05) is 24.6 Å². The molecular weight excluding hydrogens is 290 g/mol. The van der Waals surface area contributed by atoms with Gasteiger partial charge in [-0.05, 0) is 51.8 Å². The van der Waals surface area contributed by atoms with Gasteiger partial charge in [0.2, 0.25) is 5.91 Å². The van der Waals surface area contributed by atoms with Gasteiger partial charge in [0.15, 0.2) is 0 Å². The van der Waals surface area contributed by atoms with Crippen LogP contribution in [0.15, 0.2) is 29.1 Å². The van der Waals surface area contributed by atoms with E-state index >= 15 is 0 Å². The Morgan fingerprint density at radius 2 is 1.91 bits per heavy atom. The van der Waals surface area contributed by atoms with E-state index in [4.69, 9.17) is 0 Å². The summed E-state index contributed by atoms with van der Waals surface area (Å²) in [6, 6.07) is 7.10. The molecule has 1 N–H and O–H groups in total. The third-order valence-electron chi connectivity index (χ3n) is 3.92. The second-order valence-electron chi connectivity index (χ2n) is 5.92. The fourth-order valence-corrected chi connectivity index (χ4v) is 2.79. The monoisotopic (exact) mass is 313 g/mol. The summed E-state index contributed by atoms with van der Waals surface area (Å²) < 4.78 is 1.46. The number of rotatable bonds is 4. The lowest BCUT2D eigenvalue weighted by Gasteiger charge is -2.20. The highest BCUT2D eigenvalue weighted by Crippen LogP contribution is 2.19. The molecule has 0 aliphatic carbocycles. The molecule has 0 aliphatic rings. The molecule has 1 unspecified atom stereocenters. The molecule has 5 heteroatoms. The summed E-state index contributed by atoms with van der Waals surface area (Å²) in [6.07, 6.45) is 0.516. The van der Waals surface area contributed by atoms with Crippen molar-refractivity contribution in [3.8, 4) is 0 Å². The van der Waals surface area contributed by atoms with E-state index in [2.05, 4.69) is 10.3 Å². The van der Waals surface area contributed by atoms with Crippen LogP contribution in [0, 0.1) is 27.7 Å². The first-order valence-electron chi connectivity index (χ1n) is 7.78. The van der Waals surface area contributed by atoms with Crippen molar-refractivity contribution in [3.05, 3.63) is 57.3 Å². The van der Waals surface area contributed by atoms with Gasteiger partial charge in [-0.15, -0.1) is 0 Å². The Kier molecular flexibility index (Phi) is 4.98. The molecule has 2 aromatic rings. The minimum Gasteiger partial charge on any atom is -0.324 e. The van der Waals surface area contributed by atoms with Gasteiger partial charge >= 0.3 is 5.69 Å². The predicted octanol–water partition coefficient (Wildman–Crippen LogP) is 3.07. The summed E-state index contributed by atoms with van der Waals surface area (Å²) in [7, 11) is 0. The summed E-state index contributed by atoms with van der Waals surface area (Å²) in [6.45, 7) is 9.44. The van der Waals surface area contributed by atoms with Gasteiger partial charge in [-0.25, -0.2) is 4.79 Å². The smallest absolute Gasteiger partial charge is 0.324 e. The number of aromatic nitrogens is 2. The maximum atomic E-state index is 12.7. The molecule has 2 rings (SSSR count). The molecule has 1 aromatic carbocycles. The zero-order valence-electron chi connectivity index (χ0n) is 14.3. The first kappa shape index (κ1) is 16.9. The Hall–Kier alpha value is -2.43. The van der Waals surface area contributed by atoms with Gasteiger partial charge < -0.3 is 5.32 Å². The second kappa shape index (κ2) is 6.77. The molecule has 1 aromatic heterocycles. The van der Waals surface area contributed by atoms with Crippen molar-refractivity contribution in [1.82, 2.24) is 9.55 Å². The van der Waals surface area contributed by atoms with Crippen molar-refractivity contribution in [2.45, 2.75) is 47.1 Å². The van der Waals surface area contributed by atoms with Gasteiger partial charge in [0, 0.05) is 17.1 Å². The van der Waals surface area contributed by atoms with Gasteiger partial charge in [0.1, 0.15) is 6.04 Å². The average Bonchev–Trinajstić information content (AvgIpc) is 2.45. The van der Waals surface area contributed by atoms with E-state index in [0.717, 1.165) is 22.5 Å². The van der Waals surface area contributed by atoms with Gasteiger partial charge in [0.05, 0.1) is 0 Å². The van der Waals surface area contributed by atoms with Crippen LogP contribution in [0.4, 0.5) is 5.69 Å². The zero-order chi connectivity index (χ0) is 17.1. The minimum atomic E-state index is -0.573. The number of nitrogens with zero attached hydrogens (tertiary/aromatic N) is 2. The quantitative estimate of drug-likeness (QED) is 0.943. The fourth-order valence-electron chi connectivity index (χ4n) is 2.79. The Morgan fingerprint density at radius 1 is 1.22 bits per heavy atom. The van der Waals surface area contributed by atoms with E-state index in [0.29, 0.717) is 12.1 Å². The van der Waals surface area contributed by atoms with Crippen molar-refractivity contribution < 1.29 is 4.79 Å². The summed E-state index contributed by atoms with van der Waals surface area (Å²) in [5.41, 5.74) is 3.93. The number of aryl methyl sites for hydroxylation is 4. The van der Waals surface area contributed by atoms with E-state index in [1.165, 1.54) is 4.57 Å². The first-order valence-corrected chi connectivity index (χ1v) is 7.78. The number of hydrogen-bond acceptors (Lipinski definition) is 3. The number of carbonyl (C=O) groups is 1. The Morgan fingerprint density at radius 3 is 2.48 bits per heavy atom. The molecule has 1 atom stereocenters.